The van der Waals surface area contributed by atoms with Gasteiger partial charge in [-0.1, -0.05) is 0 Å². The number of benzene rings is 1. The molecule has 2 rings (SSSR count). The van der Waals surface area contributed by atoms with Crippen molar-refractivity contribution in [1.82, 2.24) is 0 Å². The third-order valence-electron chi connectivity index (χ3n) is 3.15. The summed E-state index contributed by atoms with van der Waals surface area (Å²) in [6, 6.07) is 5.81. The number of carbonyl (C=O) groups is 1. The van der Waals surface area contributed by atoms with Crippen LogP contribution >= 0.6 is 0 Å². The monoisotopic (exact) mass is 248 g/mol. The van der Waals surface area contributed by atoms with Crippen molar-refractivity contribution in [1.29, 1.82) is 5.26 Å². The second-order valence-electron chi connectivity index (χ2n) is 4.65. The number of nitrogen functional groups attached to an aromatic ring is 1. The maximum atomic E-state index is 12.9. The molecule has 1 fully saturated rings. The molecule has 0 unspecified atom stereocenters. The topological polar surface area (TPSA) is 76.1 Å². The van der Waals surface area contributed by atoms with Crippen molar-refractivity contribution in [3.8, 4) is 6.07 Å². The molecule has 18 heavy (non-hydrogen) atoms. The van der Waals surface area contributed by atoms with Crippen molar-refractivity contribution < 1.29 is 13.9 Å². The van der Waals surface area contributed by atoms with E-state index in [4.69, 9.17) is 15.7 Å². The van der Waals surface area contributed by atoms with E-state index < -0.39 is 11.8 Å². The number of halogens is 1. The molecule has 0 aliphatic heterocycles. The minimum atomic E-state index is -0.560. The largest absolute Gasteiger partial charge is 0.461 e. The predicted molar refractivity (Wildman–Crippen MR) is 63.0 cm³/mol. The highest BCUT2D eigenvalue weighted by Gasteiger charge is 2.43. The molecule has 2 N–H and O–H groups in total. The predicted octanol–water partition coefficient (Wildman–Crippen LogP) is 2.26. The van der Waals surface area contributed by atoms with Crippen molar-refractivity contribution in [2.45, 2.75) is 19.3 Å². The molecule has 1 aliphatic rings. The van der Waals surface area contributed by atoms with Crippen LogP contribution in [0.25, 0.3) is 0 Å². The summed E-state index contributed by atoms with van der Waals surface area (Å²) in [5.41, 5.74) is 5.36. The SMILES string of the molecule is N#CCC1(COC(=O)c2ccc(F)c(N)c2)CC1. The van der Waals surface area contributed by atoms with Gasteiger partial charge in [-0.2, -0.15) is 5.26 Å². The maximum Gasteiger partial charge on any atom is 0.338 e. The summed E-state index contributed by atoms with van der Waals surface area (Å²) in [4.78, 5) is 11.7. The highest BCUT2D eigenvalue weighted by Crippen LogP contribution is 2.48. The molecule has 1 aliphatic carbocycles. The van der Waals surface area contributed by atoms with E-state index in [1.807, 2.05) is 0 Å². The van der Waals surface area contributed by atoms with E-state index >= 15 is 0 Å². The fraction of sp³-hybridized carbons (Fsp3) is 0.385. The van der Waals surface area contributed by atoms with Gasteiger partial charge in [-0.3, -0.25) is 0 Å². The number of anilines is 1. The summed E-state index contributed by atoms with van der Waals surface area (Å²) in [5.74, 6) is -1.10. The van der Waals surface area contributed by atoms with E-state index in [9.17, 15) is 9.18 Å². The second kappa shape index (κ2) is 4.65. The minimum absolute atomic E-state index is 0.0809. The lowest BCUT2D eigenvalue weighted by Gasteiger charge is -2.11. The molecule has 0 atom stereocenters. The number of esters is 1. The van der Waals surface area contributed by atoms with Gasteiger partial charge < -0.3 is 10.5 Å². The van der Waals surface area contributed by atoms with Crippen LogP contribution in [0.15, 0.2) is 18.2 Å². The first-order valence-electron chi connectivity index (χ1n) is 5.65. The van der Waals surface area contributed by atoms with Crippen LogP contribution in [0.3, 0.4) is 0 Å². The Morgan fingerprint density at radius 1 is 1.56 bits per heavy atom. The number of ether oxygens (including phenoxy) is 1. The lowest BCUT2D eigenvalue weighted by atomic mass is 10.1. The Labute approximate surface area is 104 Å². The van der Waals surface area contributed by atoms with Crippen LogP contribution in [-0.4, -0.2) is 12.6 Å². The maximum absolute atomic E-state index is 12.9. The fourth-order valence-electron chi connectivity index (χ4n) is 1.69. The number of hydrogen-bond donors (Lipinski definition) is 1. The van der Waals surface area contributed by atoms with Crippen LogP contribution in [0, 0.1) is 22.6 Å². The molecule has 0 bridgehead atoms. The molecule has 0 radical (unpaired) electrons. The van der Waals surface area contributed by atoms with Gasteiger partial charge >= 0.3 is 5.97 Å². The third kappa shape index (κ3) is 2.59. The Kier molecular flexibility index (Phi) is 3.19. The summed E-state index contributed by atoms with van der Waals surface area (Å²) in [6.07, 6.45) is 2.20. The van der Waals surface area contributed by atoms with Gasteiger partial charge in [-0.15, -0.1) is 0 Å². The molecular weight excluding hydrogens is 235 g/mol. The van der Waals surface area contributed by atoms with Crippen LogP contribution in [-0.2, 0) is 4.74 Å². The van der Waals surface area contributed by atoms with Crippen molar-refractivity contribution in [2.75, 3.05) is 12.3 Å². The van der Waals surface area contributed by atoms with Gasteiger partial charge in [-0.05, 0) is 31.0 Å². The Morgan fingerprint density at radius 2 is 2.28 bits per heavy atom. The summed E-state index contributed by atoms with van der Waals surface area (Å²) in [6.45, 7) is 0.233. The molecule has 4 nitrogen and oxygen atoms in total. The number of nitrogens with zero attached hydrogens (tertiary/aromatic N) is 1. The number of hydrogen-bond acceptors (Lipinski definition) is 4. The molecule has 1 saturated carbocycles. The van der Waals surface area contributed by atoms with Gasteiger partial charge in [0, 0.05) is 11.8 Å². The van der Waals surface area contributed by atoms with Gasteiger partial charge in [0.05, 0.1) is 23.9 Å². The zero-order valence-corrected chi connectivity index (χ0v) is 9.78. The second-order valence-corrected chi connectivity index (χ2v) is 4.65. The average molecular weight is 248 g/mol. The van der Waals surface area contributed by atoms with Crippen LogP contribution in [0.4, 0.5) is 10.1 Å². The lowest BCUT2D eigenvalue weighted by molar-refractivity contribution is 0.0419. The van der Waals surface area contributed by atoms with Crippen molar-refractivity contribution >= 4 is 11.7 Å². The third-order valence-corrected chi connectivity index (χ3v) is 3.15. The summed E-state index contributed by atoms with van der Waals surface area (Å²) in [5, 5.41) is 8.64. The Balaban J connectivity index is 1.96. The molecule has 94 valence electrons. The highest BCUT2D eigenvalue weighted by molar-refractivity contribution is 5.90. The lowest BCUT2D eigenvalue weighted by Crippen LogP contribution is -2.15. The van der Waals surface area contributed by atoms with Gasteiger partial charge in [0.25, 0.3) is 0 Å². The first-order chi connectivity index (χ1) is 8.56. The van der Waals surface area contributed by atoms with E-state index in [0.717, 1.165) is 18.9 Å². The summed E-state index contributed by atoms with van der Waals surface area (Å²) < 4.78 is 18.1. The van der Waals surface area contributed by atoms with Crippen LogP contribution in [0.1, 0.15) is 29.6 Å². The Bertz CT molecular complexity index is 518. The van der Waals surface area contributed by atoms with Crippen LogP contribution in [0.5, 0.6) is 0 Å². The first-order valence-corrected chi connectivity index (χ1v) is 5.65. The summed E-state index contributed by atoms with van der Waals surface area (Å²) in [7, 11) is 0. The molecular formula is C13H13FN2O2. The first kappa shape index (κ1) is 12.4. The standard InChI is InChI=1S/C13H13FN2O2/c14-10-2-1-9(7-11(10)16)12(17)18-8-13(3-4-13)5-6-15/h1-2,7H,3-5,8,16H2. The highest BCUT2D eigenvalue weighted by atomic mass is 19.1. The van der Waals surface area contributed by atoms with Crippen molar-refractivity contribution in [3.05, 3.63) is 29.6 Å². The molecule has 0 heterocycles. The molecule has 0 aromatic heterocycles. The Morgan fingerprint density at radius 3 is 2.83 bits per heavy atom. The van der Waals surface area contributed by atoms with E-state index in [2.05, 4.69) is 6.07 Å². The van der Waals surface area contributed by atoms with Crippen LogP contribution < -0.4 is 5.73 Å². The van der Waals surface area contributed by atoms with Crippen molar-refractivity contribution in [3.63, 3.8) is 0 Å². The van der Waals surface area contributed by atoms with E-state index in [1.54, 1.807) is 0 Å². The zero-order valence-electron chi connectivity index (χ0n) is 9.78. The van der Waals surface area contributed by atoms with E-state index in [0.29, 0.717) is 6.42 Å². The van der Waals surface area contributed by atoms with Gasteiger partial charge in [0.2, 0.25) is 0 Å². The van der Waals surface area contributed by atoms with E-state index in [1.165, 1.54) is 12.1 Å². The Hall–Kier alpha value is -2.09. The molecule has 5 heteroatoms. The molecule has 1 aromatic carbocycles. The molecule has 0 spiro atoms. The minimum Gasteiger partial charge on any atom is -0.461 e. The quantitative estimate of drug-likeness (QED) is 0.655. The van der Waals surface area contributed by atoms with Crippen molar-refractivity contribution in [2.24, 2.45) is 5.41 Å². The molecule has 0 saturated heterocycles. The van der Waals surface area contributed by atoms with Crippen LogP contribution in [0.2, 0.25) is 0 Å². The van der Waals surface area contributed by atoms with E-state index in [-0.39, 0.29) is 23.3 Å². The van der Waals surface area contributed by atoms with Gasteiger partial charge in [0.1, 0.15) is 5.82 Å². The number of carbonyl (C=O) groups excluding carboxylic acids is 1. The van der Waals surface area contributed by atoms with Gasteiger partial charge in [0.15, 0.2) is 0 Å². The molecule has 1 aromatic rings. The zero-order chi connectivity index (χ0) is 13.2. The average Bonchev–Trinajstić information content (AvgIpc) is 3.11. The smallest absolute Gasteiger partial charge is 0.338 e. The number of rotatable bonds is 4. The number of nitriles is 1. The normalized spacial score (nSPS) is 15.8. The number of nitrogens with two attached hydrogens (primary N) is 1. The molecule has 0 amide bonds. The fourth-order valence-corrected chi connectivity index (χ4v) is 1.69. The van der Waals surface area contributed by atoms with Gasteiger partial charge in [-0.25, -0.2) is 9.18 Å². The summed E-state index contributed by atoms with van der Waals surface area (Å²) >= 11 is 0.